The first-order chi connectivity index (χ1) is 9.09. The van der Waals surface area contributed by atoms with Crippen LogP contribution in [0.2, 0.25) is 0 Å². The van der Waals surface area contributed by atoms with Gasteiger partial charge in [-0.2, -0.15) is 0 Å². The molecule has 3 N–H and O–H groups in total. The van der Waals surface area contributed by atoms with Crippen LogP contribution >= 0.6 is 24.0 Å². The monoisotopic (exact) mass is 297 g/mol. The molecule has 1 saturated heterocycles. The number of amides is 2. The third kappa shape index (κ3) is 3.22. The van der Waals surface area contributed by atoms with Gasteiger partial charge in [0, 0.05) is 0 Å². The SMILES string of the molecule is O=C(NNCN1C(=O)CSC1=S)c1ccccc1O. The molecule has 0 unspecified atom stereocenters. The van der Waals surface area contributed by atoms with E-state index in [1.807, 2.05) is 0 Å². The zero-order valence-corrected chi connectivity index (χ0v) is 11.4. The Bertz CT molecular complexity index is 520. The van der Waals surface area contributed by atoms with Crippen LogP contribution in [0.15, 0.2) is 24.3 Å². The Balaban J connectivity index is 1.86. The summed E-state index contributed by atoms with van der Waals surface area (Å²) in [5.74, 6) is -0.360. The molecule has 19 heavy (non-hydrogen) atoms. The Kier molecular flexibility index (Phi) is 4.35. The summed E-state index contributed by atoms with van der Waals surface area (Å²) in [5, 5.41) is 9.50. The summed E-state index contributed by atoms with van der Waals surface area (Å²) in [7, 11) is 0. The Hall–Kier alpha value is -1.64. The molecular formula is C11H11N3O3S2. The van der Waals surface area contributed by atoms with Gasteiger partial charge in [0.15, 0.2) is 0 Å². The van der Waals surface area contributed by atoms with E-state index in [0.717, 1.165) is 0 Å². The third-order valence-electron chi connectivity index (χ3n) is 2.43. The second-order valence-electron chi connectivity index (χ2n) is 3.68. The number of nitrogens with zero attached hydrogens (tertiary/aromatic N) is 1. The number of hydrogen-bond donors (Lipinski definition) is 3. The van der Waals surface area contributed by atoms with Crippen LogP contribution in [0.25, 0.3) is 0 Å². The highest BCUT2D eigenvalue weighted by atomic mass is 32.2. The van der Waals surface area contributed by atoms with Crippen LogP contribution in [0.3, 0.4) is 0 Å². The molecule has 8 heteroatoms. The van der Waals surface area contributed by atoms with E-state index in [-0.39, 0.29) is 23.9 Å². The zero-order chi connectivity index (χ0) is 13.8. The fraction of sp³-hybridized carbons (Fsp3) is 0.182. The molecule has 0 aliphatic carbocycles. The summed E-state index contributed by atoms with van der Waals surface area (Å²) >= 11 is 6.27. The largest absolute Gasteiger partial charge is 0.507 e. The van der Waals surface area contributed by atoms with Crippen molar-refractivity contribution in [2.24, 2.45) is 0 Å². The number of thiocarbonyl (C=S) groups is 1. The van der Waals surface area contributed by atoms with E-state index in [0.29, 0.717) is 10.1 Å². The number of rotatable bonds is 4. The number of nitrogens with one attached hydrogen (secondary N) is 2. The lowest BCUT2D eigenvalue weighted by atomic mass is 10.2. The van der Waals surface area contributed by atoms with Crippen molar-refractivity contribution in [3.8, 4) is 5.75 Å². The number of phenols is 1. The van der Waals surface area contributed by atoms with Crippen LogP contribution < -0.4 is 10.9 Å². The van der Waals surface area contributed by atoms with Crippen LogP contribution in [0.5, 0.6) is 5.75 Å². The molecule has 2 amide bonds. The Morgan fingerprint density at radius 2 is 2.21 bits per heavy atom. The predicted octanol–water partition coefficient (Wildman–Crippen LogP) is 0.444. The molecule has 6 nitrogen and oxygen atoms in total. The average molecular weight is 297 g/mol. The van der Waals surface area contributed by atoms with Gasteiger partial charge >= 0.3 is 0 Å². The van der Waals surface area contributed by atoms with Gasteiger partial charge in [-0.3, -0.25) is 19.9 Å². The minimum atomic E-state index is -0.483. The maximum Gasteiger partial charge on any atom is 0.269 e. The first kappa shape index (κ1) is 13.8. The van der Waals surface area contributed by atoms with Crippen molar-refractivity contribution in [1.29, 1.82) is 0 Å². The van der Waals surface area contributed by atoms with Crippen molar-refractivity contribution in [3.05, 3.63) is 29.8 Å². The van der Waals surface area contributed by atoms with Crippen molar-refractivity contribution >= 4 is 40.1 Å². The molecule has 0 radical (unpaired) electrons. The molecule has 1 heterocycles. The van der Waals surface area contributed by atoms with Gasteiger partial charge in [-0.25, -0.2) is 5.43 Å². The second-order valence-corrected chi connectivity index (χ2v) is 5.29. The number of hydrazine groups is 1. The highest BCUT2D eigenvalue weighted by molar-refractivity contribution is 8.23. The van der Waals surface area contributed by atoms with Gasteiger partial charge in [-0.05, 0) is 12.1 Å². The average Bonchev–Trinajstić information content (AvgIpc) is 2.70. The van der Waals surface area contributed by atoms with Gasteiger partial charge in [0.05, 0.1) is 18.0 Å². The molecule has 0 atom stereocenters. The fourth-order valence-corrected chi connectivity index (χ4v) is 2.53. The van der Waals surface area contributed by atoms with Gasteiger partial charge in [-0.15, -0.1) is 0 Å². The first-order valence-electron chi connectivity index (χ1n) is 5.38. The van der Waals surface area contributed by atoms with Crippen LogP contribution in [0.1, 0.15) is 10.4 Å². The zero-order valence-electron chi connectivity index (χ0n) is 9.75. The standard InChI is InChI=1S/C11H11N3O3S2/c15-8-4-2-1-3-7(8)10(17)13-12-6-14-9(16)5-19-11(14)18/h1-4,12,15H,5-6H2,(H,13,17). The Morgan fingerprint density at radius 3 is 2.84 bits per heavy atom. The van der Waals surface area contributed by atoms with Gasteiger partial charge in [-0.1, -0.05) is 36.1 Å². The van der Waals surface area contributed by atoms with E-state index in [1.54, 1.807) is 12.1 Å². The summed E-state index contributed by atoms with van der Waals surface area (Å²) in [4.78, 5) is 24.5. The van der Waals surface area contributed by atoms with Gasteiger partial charge in [0.25, 0.3) is 5.91 Å². The van der Waals surface area contributed by atoms with Crippen molar-refractivity contribution < 1.29 is 14.7 Å². The minimum absolute atomic E-state index is 0.0979. The van der Waals surface area contributed by atoms with Gasteiger partial charge in [0.2, 0.25) is 5.91 Å². The molecule has 1 fully saturated rings. The first-order valence-corrected chi connectivity index (χ1v) is 6.77. The molecule has 1 aromatic carbocycles. The number of carbonyl (C=O) groups is 2. The normalized spacial score (nSPS) is 14.8. The van der Waals surface area contributed by atoms with E-state index < -0.39 is 5.91 Å². The molecule has 1 aliphatic rings. The van der Waals surface area contributed by atoms with Crippen LogP contribution in [0, 0.1) is 0 Å². The van der Waals surface area contributed by atoms with E-state index in [2.05, 4.69) is 10.9 Å². The summed E-state index contributed by atoms with van der Waals surface area (Å²) in [6, 6.07) is 6.18. The lowest BCUT2D eigenvalue weighted by molar-refractivity contribution is -0.124. The van der Waals surface area contributed by atoms with Gasteiger partial charge in [0.1, 0.15) is 10.1 Å². The maximum absolute atomic E-state index is 11.7. The fourth-order valence-electron chi connectivity index (χ4n) is 1.47. The van der Waals surface area contributed by atoms with Crippen LogP contribution in [-0.4, -0.2) is 38.6 Å². The van der Waals surface area contributed by atoms with Gasteiger partial charge < -0.3 is 5.11 Å². The topological polar surface area (TPSA) is 81.7 Å². The van der Waals surface area contributed by atoms with Crippen LogP contribution in [0.4, 0.5) is 0 Å². The van der Waals surface area contributed by atoms with Crippen molar-refractivity contribution in [1.82, 2.24) is 15.8 Å². The summed E-state index contributed by atoms with van der Waals surface area (Å²) < 4.78 is 0.481. The number of benzene rings is 1. The second kappa shape index (κ2) is 6.00. The summed E-state index contributed by atoms with van der Waals surface area (Å²) in [6.07, 6.45) is 0. The van der Waals surface area contributed by atoms with Crippen molar-refractivity contribution in [2.75, 3.05) is 12.4 Å². The number of thioether (sulfide) groups is 1. The molecule has 100 valence electrons. The Labute approximate surface area is 119 Å². The maximum atomic E-state index is 11.7. The highest BCUT2D eigenvalue weighted by Gasteiger charge is 2.26. The van der Waals surface area contributed by atoms with E-state index in [1.165, 1.54) is 28.8 Å². The third-order valence-corrected chi connectivity index (χ3v) is 3.86. The number of para-hydroxylation sites is 1. The number of phenolic OH excluding ortho intramolecular Hbond substituents is 1. The minimum Gasteiger partial charge on any atom is -0.507 e. The number of carbonyl (C=O) groups excluding carboxylic acids is 2. The van der Waals surface area contributed by atoms with Crippen molar-refractivity contribution in [3.63, 3.8) is 0 Å². The highest BCUT2D eigenvalue weighted by Crippen LogP contribution is 2.18. The van der Waals surface area contributed by atoms with Crippen molar-refractivity contribution in [2.45, 2.75) is 0 Å². The van der Waals surface area contributed by atoms with E-state index >= 15 is 0 Å². The van der Waals surface area contributed by atoms with Crippen LogP contribution in [-0.2, 0) is 4.79 Å². The summed E-state index contributed by atoms with van der Waals surface area (Å²) in [6.45, 7) is 0.101. The van der Waals surface area contributed by atoms with E-state index in [4.69, 9.17) is 12.2 Å². The number of hydrogen-bond acceptors (Lipinski definition) is 6. The molecule has 0 saturated carbocycles. The summed E-state index contributed by atoms with van der Waals surface area (Å²) in [5.41, 5.74) is 5.16. The molecule has 2 rings (SSSR count). The molecular weight excluding hydrogens is 286 g/mol. The predicted molar refractivity (Wildman–Crippen MR) is 75.5 cm³/mol. The molecule has 1 aromatic rings. The molecule has 0 aromatic heterocycles. The Morgan fingerprint density at radius 1 is 1.47 bits per heavy atom. The lowest BCUT2D eigenvalue weighted by Gasteiger charge is -2.16. The molecule has 0 spiro atoms. The lowest BCUT2D eigenvalue weighted by Crippen LogP contribution is -2.46. The quantitative estimate of drug-likeness (QED) is 0.553. The molecule has 0 bridgehead atoms. The van der Waals surface area contributed by atoms with E-state index in [9.17, 15) is 14.7 Å². The number of aromatic hydroxyl groups is 1. The molecule has 1 aliphatic heterocycles. The smallest absolute Gasteiger partial charge is 0.269 e.